The lowest BCUT2D eigenvalue weighted by Crippen LogP contribution is -2.48. The Bertz CT molecular complexity index is 1060. The quantitative estimate of drug-likeness (QED) is 0.594. The summed E-state index contributed by atoms with van der Waals surface area (Å²) in [4.78, 5) is 29.1. The highest BCUT2D eigenvalue weighted by Gasteiger charge is 2.22. The zero-order chi connectivity index (χ0) is 22.3. The van der Waals surface area contributed by atoms with Gasteiger partial charge in [0.15, 0.2) is 0 Å². The smallest absolute Gasteiger partial charge is 0.286 e. The molecule has 0 saturated carbocycles. The summed E-state index contributed by atoms with van der Waals surface area (Å²) < 4.78 is 5.30. The number of aryl methyl sites for hydroxylation is 1. The highest BCUT2D eigenvalue weighted by molar-refractivity contribution is 7.13. The fraction of sp³-hybridized carbons (Fsp3) is 0.304. The highest BCUT2D eigenvalue weighted by Crippen LogP contribution is 2.22. The predicted octanol–water partition coefficient (Wildman–Crippen LogP) is 3.08. The Morgan fingerprint density at radius 1 is 1.03 bits per heavy atom. The van der Waals surface area contributed by atoms with Gasteiger partial charge in [0.25, 0.3) is 5.91 Å². The molecular weight excluding hydrogens is 426 g/mol. The van der Waals surface area contributed by atoms with Gasteiger partial charge in [0.05, 0.1) is 7.11 Å². The van der Waals surface area contributed by atoms with Crippen LogP contribution in [0.2, 0.25) is 0 Å². The minimum absolute atomic E-state index is 0.0979. The second-order valence-electron chi connectivity index (χ2n) is 7.39. The van der Waals surface area contributed by atoms with Crippen molar-refractivity contribution in [3.63, 3.8) is 0 Å². The van der Waals surface area contributed by atoms with Crippen molar-refractivity contribution >= 4 is 34.5 Å². The van der Waals surface area contributed by atoms with Gasteiger partial charge in [-0.05, 0) is 24.3 Å². The van der Waals surface area contributed by atoms with Gasteiger partial charge in [0.1, 0.15) is 10.8 Å². The summed E-state index contributed by atoms with van der Waals surface area (Å²) in [6.45, 7) is 2.91. The zero-order valence-electron chi connectivity index (χ0n) is 17.9. The molecule has 4 rings (SSSR count). The standard InChI is InChI=1S/C23H25N5O3S/c1-31-19-9-5-8-18(16-19)27-12-14-28(15-13-27)21(29)11-10-20-25-26-23(32-20)22(30)24-17-6-3-2-4-7-17/h2-9,16H,10-15H2,1H3,(H,24,30). The van der Waals surface area contributed by atoms with Crippen molar-refractivity contribution in [1.82, 2.24) is 15.1 Å². The number of methoxy groups -OCH3 is 1. The topological polar surface area (TPSA) is 87.7 Å². The lowest BCUT2D eigenvalue weighted by molar-refractivity contribution is -0.131. The first-order valence-electron chi connectivity index (χ1n) is 10.5. The van der Waals surface area contributed by atoms with Crippen molar-refractivity contribution in [2.45, 2.75) is 12.8 Å². The summed E-state index contributed by atoms with van der Waals surface area (Å²) in [5.41, 5.74) is 1.81. The van der Waals surface area contributed by atoms with Crippen LogP contribution in [0, 0.1) is 0 Å². The monoisotopic (exact) mass is 451 g/mol. The van der Waals surface area contributed by atoms with Crippen molar-refractivity contribution in [1.29, 1.82) is 0 Å². The number of hydrogen-bond donors (Lipinski definition) is 1. The highest BCUT2D eigenvalue weighted by atomic mass is 32.1. The van der Waals surface area contributed by atoms with E-state index in [2.05, 4.69) is 26.5 Å². The number of amides is 2. The van der Waals surface area contributed by atoms with Gasteiger partial charge >= 0.3 is 0 Å². The number of carbonyl (C=O) groups excluding carboxylic acids is 2. The van der Waals surface area contributed by atoms with Crippen molar-refractivity contribution in [2.24, 2.45) is 0 Å². The minimum Gasteiger partial charge on any atom is -0.497 e. The molecule has 1 N–H and O–H groups in total. The van der Waals surface area contributed by atoms with E-state index in [9.17, 15) is 9.59 Å². The summed E-state index contributed by atoms with van der Waals surface area (Å²) in [6, 6.07) is 17.2. The number of benzene rings is 2. The van der Waals surface area contributed by atoms with Crippen LogP contribution in [0.1, 0.15) is 21.2 Å². The number of nitrogens with zero attached hydrogens (tertiary/aromatic N) is 4. The lowest BCUT2D eigenvalue weighted by atomic mass is 10.2. The summed E-state index contributed by atoms with van der Waals surface area (Å²) in [5, 5.41) is 11.8. The molecule has 0 bridgehead atoms. The van der Waals surface area contributed by atoms with Gasteiger partial charge in [-0.3, -0.25) is 9.59 Å². The average molecular weight is 452 g/mol. The summed E-state index contributed by atoms with van der Waals surface area (Å²) in [7, 11) is 1.66. The van der Waals surface area contributed by atoms with E-state index < -0.39 is 0 Å². The third kappa shape index (κ3) is 5.42. The maximum absolute atomic E-state index is 12.7. The molecule has 1 aliphatic rings. The molecule has 2 amide bonds. The van der Waals surface area contributed by atoms with Gasteiger partial charge in [-0.2, -0.15) is 0 Å². The second kappa shape index (κ2) is 10.2. The van der Waals surface area contributed by atoms with E-state index in [1.807, 2.05) is 53.4 Å². The number of rotatable bonds is 7. The van der Waals surface area contributed by atoms with Crippen molar-refractivity contribution in [3.05, 3.63) is 64.6 Å². The third-order valence-corrected chi connectivity index (χ3v) is 6.28. The molecule has 0 spiro atoms. The molecular formula is C23H25N5O3S. The molecule has 9 heteroatoms. The molecule has 8 nitrogen and oxygen atoms in total. The molecule has 2 aromatic carbocycles. The Hall–Kier alpha value is -3.46. The van der Waals surface area contributed by atoms with Crippen molar-refractivity contribution < 1.29 is 14.3 Å². The Morgan fingerprint density at radius 3 is 2.56 bits per heavy atom. The number of anilines is 2. The van der Waals surface area contributed by atoms with Gasteiger partial charge in [-0.1, -0.05) is 35.6 Å². The van der Waals surface area contributed by atoms with Crippen LogP contribution in [0.15, 0.2) is 54.6 Å². The fourth-order valence-corrected chi connectivity index (χ4v) is 4.28. The van der Waals surface area contributed by atoms with Gasteiger partial charge in [-0.25, -0.2) is 0 Å². The van der Waals surface area contributed by atoms with Gasteiger partial charge < -0.3 is 19.9 Å². The molecule has 166 valence electrons. The van der Waals surface area contributed by atoms with Crippen LogP contribution in [0.4, 0.5) is 11.4 Å². The maximum Gasteiger partial charge on any atom is 0.286 e. The largest absolute Gasteiger partial charge is 0.497 e. The van der Waals surface area contributed by atoms with Crippen LogP contribution in [0.25, 0.3) is 0 Å². The first-order chi connectivity index (χ1) is 15.6. The number of para-hydroxylation sites is 1. The zero-order valence-corrected chi connectivity index (χ0v) is 18.7. The van der Waals surface area contributed by atoms with Crippen LogP contribution in [-0.2, 0) is 11.2 Å². The minimum atomic E-state index is -0.292. The number of carbonyl (C=O) groups is 2. The number of nitrogens with one attached hydrogen (secondary N) is 1. The van der Waals surface area contributed by atoms with Crippen LogP contribution >= 0.6 is 11.3 Å². The molecule has 1 aliphatic heterocycles. The number of aromatic nitrogens is 2. The Balaban J connectivity index is 1.24. The Morgan fingerprint density at radius 2 is 1.81 bits per heavy atom. The van der Waals surface area contributed by atoms with Crippen LogP contribution in [0.3, 0.4) is 0 Å². The summed E-state index contributed by atoms with van der Waals surface area (Å²) in [5.74, 6) is 0.635. The van der Waals surface area contributed by atoms with E-state index in [-0.39, 0.29) is 11.8 Å². The molecule has 0 aliphatic carbocycles. The molecule has 2 heterocycles. The molecule has 0 radical (unpaired) electrons. The molecule has 1 aromatic heterocycles. The normalized spacial score (nSPS) is 13.7. The van der Waals surface area contributed by atoms with E-state index in [1.54, 1.807) is 7.11 Å². The molecule has 1 saturated heterocycles. The predicted molar refractivity (Wildman–Crippen MR) is 124 cm³/mol. The SMILES string of the molecule is COc1cccc(N2CCN(C(=O)CCc3nnc(C(=O)Nc4ccccc4)s3)CC2)c1. The van der Waals surface area contributed by atoms with Crippen LogP contribution in [-0.4, -0.2) is 60.2 Å². The maximum atomic E-state index is 12.7. The summed E-state index contributed by atoms with van der Waals surface area (Å²) >= 11 is 1.22. The van der Waals surface area contributed by atoms with E-state index in [0.29, 0.717) is 41.6 Å². The summed E-state index contributed by atoms with van der Waals surface area (Å²) in [6.07, 6.45) is 0.833. The van der Waals surface area contributed by atoms with E-state index >= 15 is 0 Å². The molecule has 32 heavy (non-hydrogen) atoms. The van der Waals surface area contributed by atoms with Crippen LogP contribution in [0.5, 0.6) is 5.75 Å². The van der Waals surface area contributed by atoms with Crippen molar-refractivity contribution in [3.8, 4) is 5.75 Å². The fourth-order valence-electron chi connectivity index (χ4n) is 3.55. The van der Waals surface area contributed by atoms with Crippen molar-refractivity contribution in [2.75, 3.05) is 43.5 Å². The van der Waals surface area contributed by atoms with E-state index in [1.165, 1.54) is 11.3 Å². The van der Waals surface area contributed by atoms with Crippen LogP contribution < -0.4 is 15.0 Å². The number of hydrogen-bond acceptors (Lipinski definition) is 7. The van der Waals surface area contributed by atoms with Gasteiger partial charge in [0.2, 0.25) is 10.9 Å². The first-order valence-corrected chi connectivity index (χ1v) is 11.3. The second-order valence-corrected chi connectivity index (χ2v) is 8.45. The number of piperazine rings is 1. The third-order valence-electron chi connectivity index (χ3n) is 5.30. The van der Waals surface area contributed by atoms with E-state index in [4.69, 9.17) is 4.74 Å². The molecule has 1 fully saturated rings. The average Bonchev–Trinajstić information content (AvgIpc) is 3.33. The Kier molecular flexibility index (Phi) is 6.96. The van der Waals surface area contributed by atoms with Gasteiger partial charge in [0, 0.05) is 56.5 Å². The number of ether oxygens (including phenoxy) is 1. The Labute approximate surface area is 190 Å². The van der Waals surface area contributed by atoms with E-state index in [0.717, 1.165) is 24.5 Å². The first kappa shape index (κ1) is 21.8. The molecule has 0 unspecified atom stereocenters. The van der Waals surface area contributed by atoms with Gasteiger partial charge in [-0.15, -0.1) is 10.2 Å². The lowest BCUT2D eigenvalue weighted by Gasteiger charge is -2.36. The molecule has 3 aromatic rings. The molecule has 0 atom stereocenters.